The van der Waals surface area contributed by atoms with E-state index in [-0.39, 0.29) is 17.9 Å². The van der Waals surface area contributed by atoms with Crippen LogP contribution >= 0.6 is 11.6 Å². The summed E-state index contributed by atoms with van der Waals surface area (Å²) >= 11 is 6.03. The van der Waals surface area contributed by atoms with Gasteiger partial charge in [0.25, 0.3) is 5.91 Å². The van der Waals surface area contributed by atoms with Crippen molar-refractivity contribution in [1.82, 2.24) is 19.8 Å². The van der Waals surface area contributed by atoms with Gasteiger partial charge in [0.1, 0.15) is 5.54 Å². The number of fused-ring (bicyclic) bond motifs is 3. The highest BCUT2D eigenvalue weighted by Gasteiger charge is 2.48. The summed E-state index contributed by atoms with van der Waals surface area (Å²) in [5.41, 5.74) is 1.73. The molecule has 2 aromatic carbocycles. The van der Waals surface area contributed by atoms with Crippen LogP contribution in [0.4, 0.5) is 0 Å². The van der Waals surface area contributed by atoms with Gasteiger partial charge in [0, 0.05) is 17.6 Å². The van der Waals surface area contributed by atoms with Crippen LogP contribution in [-0.4, -0.2) is 44.4 Å². The zero-order valence-electron chi connectivity index (χ0n) is 18.9. The molecule has 0 bridgehead atoms. The average Bonchev–Trinajstić information content (AvgIpc) is 3.19. The second-order valence-corrected chi connectivity index (χ2v) is 9.86. The fraction of sp³-hybridized carbons (Fsp3) is 0.423. The molecule has 0 spiro atoms. The van der Waals surface area contributed by atoms with E-state index in [4.69, 9.17) is 11.6 Å². The normalized spacial score (nSPS) is 21.3. The lowest BCUT2D eigenvalue weighted by molar-refractivity contribution is -0.133. The van der Waals surface area contributed by atoms with Gasteiger partial charge in [-0.2, -0.15) is 0 Å². The van der Waals surface area contributed by atoms with Crippen molar-refractivity contribution in [2.75, 3.05) is 6.54 Å². The van der Waals surface area contributed by atoms with Gasteiger partial charge in [-0.25, -0.2) is 4.98 Å². The molecule has 6 nitrogen and oxygen atoms in total. The first kappa shape index (κ1) is 22.0. The minimum absolute atomic E-state index is 0.0812. The molecular formula is C26H29ClN4O2. The number of rotatable bonds is 5. The fourth-order valence-corrected chi connectivity index (χ4v) is 5.29. The Balaban J connectivity index is 1.48. The van der Waals surface area contributed by atoms with E-state index in [1.165, 1.54) is 6.42 Å². The van der Waals surface area contributed by atoms with Crippen molar-refractivity contribution in [3.8, 4) is 0 Å². The van der Waals surface area contributed by atoms with E-state index in [9.17, 15) is 9.59 Å². The third kappa shape index (κ3) is 4.12. The van der Waals surface area contributed by atoms with Crippen molar-refractivity contribution < 1.29 is 9.59 Å². The largest absolute Gasteiger partial charge is 0.351 e. The predicted octanol–water partition coefficient (Wildman–Crippen LogP) is 4.60. The molecule has 3 aromatic rings. The van der Waals surface area contributed by atoms with Gasteiger partial charge in [0.05, 0.1) is 17.6 Å². The highest BCUT2D eigenvalue weighted by Crippen LogP contribution is 2.31. The molecule has 172 valence electrons. The summed E-state index contributed by atoms with van der Waals surface area (Å²) in [6.45, 7) is 2.70. The molecule has 5 rings (SSSR count). The second-order valence-electron chi connectivity index (χ2n) is 9.43. The van der Waals surface area contributed by atoms with Gasteiger partial charge in [-0.05, 0) is 56.0 Å². The summed E-state index contributed by atoms with van der Waals surface area (Å²) in [7, 11) is 0. The Morgan fingerprint density at radius 2 is 1.85 bits per heavy atom. The fourth-order valence-electron chi connectivity index (χ4n) is 5.16. The van der Waals surface area contributed by atoms with E-state index in [1.54, 1.807) is 4.90 Å². The number of aromatic nitrogens is 2. The van der Waals surface area contributed by atoms with E-state index in [2.05, 4.69) is 10.3 Å². The monoisotopic (exact) mass is 464 g/mol. The molecule has 1 saturated carbocycles. The molecule has 1 aliphatic heterocycles. The number of benzene rings is 2. The Bertz CT molecular complexity index is 1180. The van der Waals surface area contributed by atoms with E-state index < -0.39 is 5.54 Å². The van der Waals surface area contributed by atoms with Crippen LogP contribution in [-0.2, 0) is 17.8 Å². The molecule has 0 saturated heterocycles. The lowest BCUT2D eigenvalue weighted by atomic mass is 9.91. The summed E-state index contributed by atoms with van der Waals surface area (Å²) < 4.78 is 1.91. The molecule has 1 N–H and O–H groups in total. The van der Waals surface area contributed by atoms with Gasteiger partial charge < -0.3 is 14.8 Å². The number of carbonyl (C=O) groups is 2. The number of imidazole rings is 1. The standard InChI is InChI=1S/C26H29ClN4O2/c1-26(25(33)28-20-7-3-2-4-8-20)17-30-22-10-6-5-9-21(22)29-23(30)24(32)31(26)16-15-18-11-13-19(27)14-12-18/h5-6,9-14,20H,2-4,7-8,15-17H2,1H3,(H,28,33). The highest BCUT2D eigenvalue weighted by molar-refractivity contribution is 6.30. The Hall–Kier alpha value is -2.86. The van der Waals surface area contributed by atoms with Gasteiger partial charge in [-0.15, -0.1) is 0 Å². The number of nitrogens with one attached hydrogen (secondary N) is 1. The van der Waals surface area contributed by atoms with Crippen molar-refractivity contribution in [3.63, 3.8) is 0 Å². The number of para-hydroxylation sites is 2. The zero-order valence-corrected chi connectivity index (χ0v) is 19.6. The minimum atomic E-state index is -1.00. The van der Waals surface area contributed by atoms with Gasteiger partial charge in [0.2, 0.25) is 5.91 Å². The Morgan fingerprint density at radius 1 is 1.12 bits per heavy atom. The van der Waals surface area contributed by atoms with Crippen LogP contribution in [0.15, 0.2) is 48.5 Å². The molecule has 7 heteroatoms. The molecule has 2 aliphatic rings. The number of hydrogen-bond acceptors (Lipinski definition) is 3. The molecule has 1 fully saturated rings. The highest BCUT2D eigenvalue weighted by atomic mass is 35.5. The Kier molecular flexibility index (Phi) is 5.87. The van der Waals surface area contributed by atoms with E-state index in [0.29, 0.717) is 30.4 Å². The topological polar surface area (TPSA) is 67.2 Å². The van der Waals surface area contributed by atoms with E-state index >= 15 is 0 Å². The number of carbonyl (C=O) groups excluding carboxylic acids is 2. The zero-order chi connectivity index (χ0) is 23.0. The molecule has 2 amide bonds. The first-order valence-electron chi connectivity index (χ1n) is 11.8. The summed E-state index contributed by atoms with van der Waals surface area (Å²) in [6.07, 6.45) is 6.13. The first-order chi connectivity index (χ1) is 16.0. The maximum atomic E-state index is 13.7. The predicted molar refractivity (Wildman–Crippen MR) is 129 cm³/mol. The average molecular weight is 465 g/mol. The van der Waals surface area contributed by atoms with Crippen LogP contribution in [0.25, 0.3) is 11.0 Å². The third-order valence-corrected chi connectivity index (χ3v) is 7.37. The van der Waals surface area contributed by atoms with Gasteiger partial charge in [-0.1, -0.05) is 55.1 Å². The van der Waals surface area contributed by atoms with Crippen molar-refractivity contribution in [2.45, 2.75) is 63.6 Å². The van der Waals surface area contributed by atoms with Gasteiger partial charge >= 0.3 is 0 Å². The second kappa shape index (κ2) is 8.82. The van der Waals surface area contributed by atoms with Crippen LogP contribution in [0.5, 0.6) is 0 Å². The molecule has 1 atom stereocenters. The van der Waals surface area contributed by atoms with Gasteiger partial charge in [0.15, 0.2) is 5.82 Å². The van der Waals surface area contributed by atoms with Crippen molar-refractivity contribution >= 4 is 34.4 Å². The third-order valence-electron chi connectivity index (χ3n) is 7.12. The first-order valence-corrected chi connectivity index (χ1v) is 12.2. The number of nitrogens with zero attached hydrogens (tertiary/aromatic N) is 3. The SMILES string of the molecule is CC1(C(=O)NC2CCCCC2)Cn2c(nc3ccccc32)C(=O)N1CCc1ccc(Cl)cc1. The van der Waals surface area contributed by atoms with Crippen molar-refractivity contribution in [2.24, 2.45) is 0 Å². The van der Waals surface area contributed by atoms with Crippen molar-refractivity contribution in [3.05, 3.63) is 64.9 Å². The maximum Gasteiger partial charge on any atom is 0.290 e. The Labute approximate surface area is 198 Å². The van der Waals surface area contributed by atoms with E-state index in [1.807, 2.05) is 60.0 Å². The van der Waals surface area contributed by atoms with Crippen LogP contribution in [0.1, 0.15) is 55.2 Å². The maximum absolute atomic E-state index is 13.7. The van der Waals surface area contributed by atoms with Crippen LogP contribution in [0, 0.1) is 0 Å². The number of hydrogen-bond donors (Lipinski definition) is 1. The molecule has 1 aliphatic carbocycles. The smallest absolute Gasteiger partial charge is 0.290 e. The van der Waals surface area contributed by atoms with E-state index in [0.717, 1.165) is 42.3 Å². The molecule has 2 heterocycles. The minimum Gasteiger partial charge on any atom is -0.351 e. The number of halogens is 1. The quantitative estimate of drug-likeness (QED) is 0.600. The molecule has 0 radical (unpaired) electrons. The molecular weight excluding hydrogens is 436 g/mol. The lowest BCUT2D eigenvalue weighted by Crippen LogP contribution is -2.65. The summed E-state index contributed by atoms with van der Waals surface area (Å²) in [5.74, 6) is 0.116. The van der Waals surface area contributed by atoms with Crippen LogP contribution in [0.3, 0.4) is 0 Å². The molecule has 33 heavy (non-hydrogen) atoms. The van der Waals surface area contributed by atoms with Crippen LogP contribution < -0.4 is 5.32 Å². The number of amides is 2. The summed E-state index contributed by atoms with van der Waals surface area (Å²) in [4.78, 5) is 33.8. The van der Waals surface area contributed by atoms with Crippen LogP contribution in [0.2, 0.25) is 5.02 Å². The van der Waals surface area contributed by atoms with Crippen molar-refractivity contribution in [1.29, 1.82) is 0 Å². The summed E-state index contributed by atoms with van der Waals surface area (Å²) in [6, 6.07) is 15.5. The Morgan fingerprint density at radius 3 is 2.61 bits per heavy atom. The lowest BCUT2D eigenvalue weighted by Gasteiger charge is -2.44. The summed E-state index contributed by atoms with van der Waals surface area (Å²) in [5, 5.41) is 3.95. The van der Waals surface area contributed by atoms with Gasteiger partial charge in [-0.3, -0.25) is 9.59 Å². The molecule has 1 unspecified atom stereocenters. The molecule has 1 aromatic heterocycles.